The summed E-state index contributed by atoms with van der Waals surface area (Å²) in [6.45, 7) is 1.39. The van der Waals surface area contributed by atoms with Crippen molar-refractivity contribution in [2.75, 3.05) is 39.3 Å². The van der Waals surface area contributed by atoms with Crippen molar-refractivity contribution in [2.24, 2.45) is 21.1 Å². The number of hydrogen-bond acceptors (Lipinski definition) is 10. The van der Waals surface area contributed by atoms with E-state index in [2.05, 4.69) is 16.0 Å². The molecule has 0 saturated carbocycles. The molecule has 6 rings (SSSR count). The summed E-state index contributed by atoms with van der Waals surface area (Å²) < 4.78 is 21.6. The van der Waals surface area contributed by atoms with E-state index < -0.39 is 34.4 Å². The fraction of sp³-hybridized carbons (Fsp3) is 0.250. The van der Waals surface area contributed by atoms with Gasteiger partial charge in [0.15, 0.2) is 17.2 Å². The molecular weight excluding hydrogens is 819 g/mol. The molecule has 0 saturated heterocycles. The van der Waals surface area contributed by atoms with Crippen molar-refractivity contribution in [3.8, 4) is 17.2 Å². The number of benzene rings is 3. The van der Waals surface area contributed by atoms with Gasteiger partial charge in [0.2, 0.25) is 0 Å². The summed E-state index contributed by atoms with van der Waals surface area (Å²) in [7, 11) is 4.71. The summed E-state index contributed by atoms with van der Waals surface area (Å²) in [6.07, 6.45) is 4.48. The molecule has 64 heavy (non-hydrogen) atoms. The van der Waals surface area contributed by atoms with E-state index >= 15 is 0 Å². The lowest BCUT2D eigenvalue weighted by atomic mass is 10.2. The molecule has 332 valence electrons. The fourth-order valence-corrected chi connectivity index (χ4v) is 6.56. The molecule has 3 heterocycles. The van der Waals surface area contributed by atoms with Gasteiger partial charge in [-0.1, -0.05) is 91.0 Å². The van der Waals surface area contributed by atoms with Crippen LogP contribution in [0.3, 0.4) is 0 Å². The van der Waals surface area contributed by atoms with Crippen LogP contribution in [0.1, 0.15) is 47.8 Å². The first-order valence-electron chi connectivity index (χ1n) is 20.7. The number of carbonyl (C=O) groups is 3. The standard InChI is InChI=1S/C48H51N7O9/c1-52-25-19-37(40(46(52)59)62-31-34-13-7-4-8-14-34)43(56)49-22-28-55(29-23-50-44(57)38-20-26-53(2)47(60)41(38)63-32-35-15-9-5-10-16-35)30-24-51-45(58)39-21-27-54(3)48(61)42(39)64-33-36-17-11-6-12-18-36/h4-21,25-27H,22-24,28-33H2,1-3H3,(H,49,56)(H,50,57)(H,51,58). The van der Waals surface area contributed by atoms with Gasteiger partial charge in [-0.15, -0.1) is 0 Å². The van der Waals surface area contributed by atoms with E-state index in [1.165, 1.54) is 50.5 Å². The third kappa shape index (κ3) is 12.2. The number of nitrogens with zero attached hydrogens (tertiary/aromatic N) is 4. The zero-order chi connectivity index (χ0) is 45.4. The lowest BCUT2D eigenvalue weighted by Gasteiger charge is -2.23. The van der Waals surface area contributed by atoms with Crippen LogP contribution < -0.4 is 46.8 Å². The number of nitrogens with one attached hydrogen (secondary N) is 3. The monoisotopic (exact) mass is 869 g/mol. The van der Waals surface area contributed by atoms with Gasteiger partial charge < -0.3 is 43.9 Å². The Bertz CT molecular complexity index is 2420. The van der Waals surface area contributed by atoms with Crippen molar-refractivity contribution in [1.29, 1.82) is 0 Å². The zero-order valence-corrected chi connectivity index (χ0v) is 36.0. The Kier molecular flexibility index (Phi) is 16.0. The van der Waals surface area contributed by atoms with Gasteiger partial charge in [0.1, 0.15) is 19.8 Å². The Labute approximate surface area is 369 Å². The largest absolute Gasteiger partial charge is 0.482 e. The van der Waals surface area contributed by atoms with E-state index in [0.717, 1.165) is 16.7 Å². The highest BCUT2D eigenvalue weighted by atomic mass is 16.5. The highest BCUT2D eigenvalue weighted by Crippen LogP contribution is 2.18. The number of carbonyl (C=O) groups excluding carboxylic acids is 3. The minimum Gasteiger partial charge on any atom is -0.482 e. The molecule has 0 aliphatic heterocycles. The van der Waals surface area contributed by atoms with Gasteiger partial charge in [-0.05, 0) is 34.9 Å². The molecule has 0 unspecified atom stereocenters. The van der Waals surface area contributed by atoms with Crippen LogP contribution in [-0.2, 0) is 41.0 Å². The number of amides is 3. The number of pyridine rings is 3. The molecule has 3 amide bonds. The second-order valence-corrected chi connectivity index (χ2v) is 14.9. The highest BCUT2D eigenvalue weighted by Gasteiger charge is 2.21. The molecule has 0 aliphatic carbocycles. The Morgan fingerprint density at radius 1 is 0.438 bits per heavy atom. The van der Waals surface area contributed by atoms with Crippen molar-refractivity contribution in [2.45, 2.75) is 19.8 Å². The van der Waals surface area contributed by atoms with Crippen molar-refractivity contribution < 1.29 is 28.6 Å². The van der Waals surface area contributed by atoms with Gasteiger partial charge in [0.05, 0.1) is 16.7 Å². The Balaban J connectivity index is 1.13. The first kappa shape index (κ1) is 45.8. The van der Waals surface area contributed by atoms with E-state index in [0.29, 0.717) is 0 Å². The average molecular weight is 870 g/mol. The molecule has 0 spiro atoms. The van der Waals surface area contributed by atoms with E-state index in [9.17, 15) is 28.8 Å². The predicted octanol–water partition coefficient (Wildman–Crippen LogP) is 3.41. The molecule has 16 nitrogen and oxygen atoms in total. The van der Waals surface area contributed by atoms with Gasteiger partial charge >= 0.3 is 0 Å². The molecule has 0 radical (unpaired) electrons. The quantitative estimate of drug-likeness (QED) is 0.0970. The molecule has 0 atom stereocenters. The maximum Gasteiger partial charge on any atom is 0.293 e. The maximum absolute atomic E-state index is 13.5. The summed E-state index contributed by atoms with van der Waals surface area (Å²) in [4.78, 5) is 81.8. The summed E-state index contributed by atoms with van der Waals surface area (Å²) in [5, 5.41) is 8.60. The number of aryl methyl sites for hydroxylation is 3. The number of rotatable bonds is 21. The molecule has 3 N–H and O–H groups in total. The van der Waals surface area contributed by atoms with E-state index in [1.54, 1.807) is 21.1 Å². The van der Waals surface area contributed by atoms with Crippen LogP contribution >= 0.6 is 0 Å². The molecule has 0 fully saturated rings. The van der Waals surface area contributed by atoms with Crippen molar-refractivity contribution in [3.63, 3.8) is 0 Å². The zero-order valence-electron chi connectivity index (χ0n) is 36.0. The van der Waals surface area contributed by atoms with Gasteiger partial charge in [-0.2, -0.15) is 0 Å². The Morgan fingerprint density at radius 3 is 0.969 bits per heavy atom. The first-order valence-corrected chi connectivity index (χ1v) is 20.7. The Morgan fingerprint density at radius 2 is 0.703 bits per heavy atom. The van der Waals surface area contributed by atoms with Crippen LogP contribution in [0.25, 0.3) is 0 Å². The number of aromatic nitrogens is 3. The molecule has 0 aliphatic rings. The van der Waals surface area contributed by atoms with E-state index in [-0.39, 0.29) is 93.0 Å². The van der Waals surface area contributed by atoms with E-state index in [4.69, 9.17) is 14.2 Å². The minimum absolute atomic E-state index is 0.0729. The van der Waals surface area contributed by atoms with Crippen LogP contribution in [0.15, 0.2) is 142 Å². The van der Waals surface area contributed by atoms with Crippen LogP contribution in [0.2, 0.25) is 0 Å². The molecule has 3 aromatic carbocycles. The van der Waals surface area contributed by atoms with Crippen LogP contribution in [-0.4, -0.2) is 75.6 Å². The SMILES string of the molecule is Cn1ccc(C(=O)NCCN(CCNC(=O)c2ccn(C)c(=O)c2OCc2ccccc2)CCNC(=O)c2ccn(C)c(=O)c2OCc2ccccc2)c(OCc2ccccc2)c1=O. The molecule has 0 bridgehead atoms. The van der Waals surface area contributed by atoms with Crippen LogP contribution in [0.4, 0.5) is 0 Å². The summed E-state index contributed by atoms with van der Waals surface area (Å²) in [5.74, 6) is -1.82. The third-order valence-electron chi connectivity index (χ3n) is 10.2. The lowest BCUT2D eigenvalue weighted by molar-refractivity contribution is 0.0943. The van der Waals surface area contributed by atoms with Gasteiger partial charge in [-0.3, -0.25) is 33.7 Å². The van der Waals surface area contributed by atoms with Crippen molar-refractivity contribution in [1.82, 2.24) is 34.6 Å². The Hall–Kier alpha value is -7.72. The fourth-order valence-electron chi connectivity index (χ4n) is 6.56. The summed E-state index contributed by atoms with van der Waals surface area (Å²) >= 11 is 0. The smallest absolute Gasteiger partial charge is 0.293 e. The van der Waals surface area contributed by atoms with Crippen molar-refractivity contribution in [3.05, 3.63) is 192 Å². The second kappa shape index (κ2) is 22.4. The summed E-state index contributed by atoms with van der Waals surface area (Å²) in [5.41, 5.74) is 1.29. The average Bonchev–Trinajstić information content (AvgIpc) is 3.31. The third-order valence-corrected chi connectivity index (χ3v) is 10.2. The highest BCUT2D eigenvalue weighted by molar-refractivity contribution is 5.97. The van der Waals surface area contributed by atoms with Crippen LogP contribution in [0, 0.1) is 0 Å². The van der Waals surface area contributed by atoms with Crippen LogP contribution in [0.5, 0.6) is 17.2 Å². The molecule has 6 aromatic rings. The second-order valence-electron chi connectivity index (χ2n) is 14.9. The number of hydrogen-bond donors (Lipinski definition) is 3. The van der Waals surface area contributed by atoms with Gasteiger partial charge in [0, 0.05) is 79.0 Å². The normalized spacial score (nSPS) is 10.9. The van der Waals surface area contributed by atoms with Gasteiger partial charge in [0.25, 0.3) is 34.4 Å². The lowest BCUT2D eigenvalue weighted by Crippen LogP contribution is -2.43. The number of ether oxygens (including phenoxy) is 3. The molecule has 3 aromatic heterocycles. The first-order chi connectivity index (χ1) is 31.0. The maximum atomic E-state index is 13.5. The summed E-state index contributed by atoms with van der Waals surface area (Å²) in [6, 6.07) is 32.4. The molecule has 16 heteroatoms. The van der Waals surface area contributed by atoms with E-state index in [1.807, 2.05) is 95.9 Å². The van der Waals surface area contributed by atoms with Gasteiger partial charge in [-0.25, -0.2) is 0 Å². The predicted molar refractivity (Wildman–Crippen MR) is 241 cm³/mol. The minimum atomic E-state index is -0.523. The van der Waals surface area contributed by atoms with Crippen molar-refractivity contribution >= 4 is 17.7 Å². The topological polar surface area (TPSA) is 184 Å². The molecular formula is C48H51N7O9.